The van der Waals surface area contributed by atoms with Gasteiger partial charge >= 0.3 is 5.97 Å². The maximum atomic E-state index is 11.3. The molecule has 0 aliphatic carbocycles. The lowest BCUT2D eigenvalue weighted by molar-refractivity contribution is 0.0593. The number of carbonyl (C=O) groups is 1. The zero-order chi connectivity index (χ0) is 11.7. The minimum absolute atomic E-state index is 0.252. The van der Waals surface area contributed by atoms with Crippen LogP contribution in [0.1, 0.15) is 10.5 Å². The number of aromatic amines is 1. The second kappa shape index (κ2) is 4.68. The third-order valence-corrected chi connectivity index (χ3v) is 4.32. The summed E-state index contributed by atoms with van der Waals surface area (Å²) in [5.41, 5.74) is 1.03. The molecule has 2 heterocycles. The van der Waals surface area contributed by atoms with Crippen LogP contribution in [0.2, 0.25) is 0 Å². The Morgan fingerprint density at radius 3 is 2.81 bits per heavy atom. The van der Waals surface area contributed by atoms with Crippen LogP contribution in [0.5, 0.6) is 0 Å². The van der Waals surface area contributed by atoms with Gasteiger partial charge in [-0.1, -0.05) is 0 Å². The number of halogens is 2. The summed E-state index contributed by atoms with van der Waals surface area (Å²) in [7, 11) is 1.32. The smallest absolute Gasteiger partial charge is 0.359 e. The summed E-state index contributed by atoms with van der Waals surface area (Å²) in [6.45, 7) is 0. The predicted octanol–water partition coefficient (Wildman–Crippen LogP) is 3.45. The second-order valence-electron chi connectivity index (χ2n) is 2.86. The van der Waals surface area contributed by atoms with E-state index in [4.69, 9.17) is 0 Å². The van der Waals surface area contributed by atoms with Crippen LogP contribution in [-0.2, 0) is 4.74 Å². The van der Waals surface area contributed by atoms with Crippen LogP contribution in [0, 0.1) is 0 Å². The fourth-order valence-electron chi connectivity index (χ4n) is 1.17. The molecule has 2 rings (SSSR count). The number of hydrogen-bond acceptors (Lipinski definition) is 4. The third-order valence-electron chi connectivity index (χ3n) is 1.91. The van der Waals surface area contributed by atoms with Crippen LogP contribution in [0.4, 0.5) is 0 Å². The molecule has 7 heteroatoms. The number of thiophene rings is 1. The maximum Gasteiger partial charge on any atom is 0.359 e. The molecule has 0 aliphatic rings. The van der Waals surface area contributed by atoms with Crippen molar-refractivity contribution in [3.8, 4) is 10.6 Å². The molecule has 2 aromatic heterocycles. The van der Waals surface area contributed by atoms with Crippen molar-refractivity contribution in [2.24, 2.45) is 0 Å². The van der Waals surface area contributed by atoms with Crippen LogP contribution < -0.4 is 0 Å². The fraction of sp³-hybridized carbons (Fsp3) is 0.111. The fourth-order valence-corrected chi connectivity index (χ4v) is 3.24. The molecule has 0 radical (unpaired) electrons. The van der Waals surface area contributed by atoms with Crippen LogP contribution in [-0.4, -0.2) is 23.3 Å². The molecule has 16 heavy (non-hydrogen) atoms. The van der Waals surface area contributed by atoms with Gasteiger partial charge in [-0.3, -0.25) is 5.10 Å². The van der Waals surface area contributed by atoms with Crippen molar-refractivity contribution >= 4 is 49.2 Å². The highest BCUT2D eigenvalue weighted by molar-refractivity contribution is 9.11. The van der Waals surface area contributed by atoms with Gasteiger partial charge in [0.05, 0.1) is 25.9 Å². The third kappa shape index (κ3) is 2.07. The molecule has 0 amide bonds. The number of esters is 1. The lowest BCUT2D eigenvalue weighted by Gasteiger charge is -1.95. The highest BCUT2D eigenvalue weighted by Gasteiger charge is 2.19. The lowest BCUT2D eigenvalue weighted by atomic mass is 10.3. The number of ether oxygens (including phenoxy) is 1. The highest BCUT2D eigenvalue weighted by Crippen LogP contribution is 2.35. The van der Waals surface area contributed by atoms with Gasteiger partial charge in [-0.2, -0.15) is 5.10 Å². The highest BCUT2D eigenvalue weighted by atomic mass is 79.9. The number of carbonyl (C=O) groups excluding carboxylic acids is 1. The number of methoxy groups -OCH3 is 1. The van der Waals surface area contributed by atoms with Gasteiger partial charge in [-0.05, 0) is 44.0 Å². The number of rotatable bonds is 2. The molecule has 0 atom stereocenters. The van der Waals surface area contributed by atoms with Crippen LogP contribution in [0.15, 0.2) is 20.4 Å². The van der Waals surface area contributed by atoms with Crippen molar-refractivity contribution in [2.75, 3.05) is 7.11 Å². The lowest BCUT2D eigenvalue weighted by Crippen LogP contribution is -2.02. The van der Waals surface area contributed by atoms with E-state index in [1.165, 1.54) is 7.11 Å². The van der Waals surface area contributed by atoms with E-state index in [1.54, 1.807) is 11.3 Å². The quantitative estimate of drug-likeness (QED) is 0.829. The van der Waals surface area contributed by atoms with E-state index in [9.17, 15) is 4.79 Å². The summed E-state index contributed by atoms with van der Waals surface area (Å²) in [5, 5.41) is 6.73. The first-order chi connectivity index (χ1) is 7.63. The Hall–Kier alpha value is -0.660. The molecule has 0 spiro atoms. The summed E-state index contributed by atoms with van der Waals surface area (Å²) in [6, 6.07) is 3.87. The Bertz CT molecular complexity index is 535. The largest absolute Gasteiger partial charge is 0.464 e. The van der Waals surface area contributed by atoms with Gasteiger partial charge in [0.2, 0.25) is 0 Å². The van der Waals surface area contributed by atoms with Crippen LogP contribution >= 0.6 is 43.2 Å². The average molecular weight is 366 g/mol. The molecule has 1 N–H and O–H groups in total. The van der Waals surface area contributed by atoms with Crippen LogP contribution in [0.25, 0.3) is 10.6 Å². The molecule has 0 fully saturated rings. The number of nitrogens with one attached hydrogen (secondary N) is 1. The summed E-state index contributed by atoms with van der Waals surface area (Å²) >= 11 is 8.27. The molecule has 0 saturated heterocycles. The molecule has 0 saturated carbocycles. The number of H-pyrrole nitrogens is 1. The molecular formula is C9H6Br2N2O2S. The van der Waals surface area contributed by atoms with Crippen molar-refractivity contribution in [1.29, 1.82) is 0 Å². The van der Waals surface area contributed by atoms with E-state index < -0.39 is 5.97 Å². The minimum atomic E-state index is -0.468. The Balaban J connectivity index is 2.44. The summed E-state index contributed by atoms with van der Waals surface area (Å²) < 4.78 is 6.25. The standard InChI is InChI=1S/C9H6Br2N2O2S/c1-15-9(14)8-6(11)7(12-13-8)4-2-3-5(10)16-4/h2-3H,1H3,(H,12,13). The zero-order valence-corrected chi connectivity index (χ0v) is 12.1. The van der Waals surface area contributed by atoms with Gasteiger partial charge in [0, 0.05) is 0 Å². The van der Waals surface area contributed by atoms with Crippen LogP contribution in [0.3, 0.4) is 0 Å². The Morgan fingerprint density at radius 1 is 1.50 bits per heavy atom. The van der Waals surface area contributed by atoms with E-state index in [-0.39, 0.29) is 5.69 Å². The van der Waals surface area contributed by atoms with E-state index in [2.05, 4.69) is 46.8 Å². The number of aromatic nitrogens is 2. The molecule has 0 unspecified atom stereocenters. The van der Waals surface area contributed by atoms with Crippen molar-refractivity contribution < 1.29 is 9.53 Å². The predicted molar refractivity (Wildman–Crippen MR) is 68.6 cm³/mol. The minimum Gasteiger partial charge on any atom is -0.464 e. The SMILES string of the molecule is COC(=O)c1n[nH]c(-c2ccc(Br)s2)c1Br. The van der Waals surface area contributed by atoms with E-state index in [0.717, 1.165) is 14.4 Å². The van der Waals surface area contributed by atoms with Crippen molar-refractivity contribution in [1.82, 2.24) is 10.2 Å². The zero-order valence-electron chi connectivity index (χ0n) is 8.08. The Morgan fingerprint density at radius 2 is 2.25 bits per heavy atom. The van der Waals surface area contributed by atoms with E-state index in [0.29, 0.717) is 4.47 Å². The summed E-state index contributed by atoms with van der Waals surface area (Å²) in [5.74, 6) is -0.468. The summed E-state index contributed by atoms with van der Waals surface area (Å²) in [4.78, 5) is 12.3. The van der Waals surface area contributed by atoms with E-state index in [1.807, 2.05) is 12.1 Å². The first kappa shape index (κ1) is 11.8. The van der Waals surface area contributed by atoms with Gasteiger partial charge in [-0.15, -0.1) is 11.3 Å². The normalized spacial score (nSPS) is 10.4. The first-order valence-corrected chi connectivity index (χ1v) is 6.61. The van der Waals surface area contributed by atoms with Crippen molar-refractivity contribution in [2.45, 2.75) is 0 Å². The Labute approximate surface area is 112 Å². The molecule has 84 valence electrons. The summed E-state index contributed by atoms with van der Waals surface area (Å²) in [6.07, 6.45) is 0. The average Bonchev–Trinajstić information content (AvgIpc) is 2.83. The first-order valence-electron chi connectivity index (χ1n) is 4.21. The van der Waals surface area contributed by atoms with Gasteiger partial charge in [0.25, 0.3) is 0 Å². The van der Waals surface area contributed by atoms with E-state index >= 15 is 0 Å². The molecule has 4 nitrogen and oxygen atoms in total. The molecule has 2 aromatic rings. The molecule has 0 bridgehead atoms. The Kier molecular flexibility index (Phi) is 3.46. The molecule has 0 aromatic carbocycles. The van der Waals surface area contributed by atoms with Gasteiger partial charge in [0.15, 0.2) is 5.69 Å². The van der Waals surface area contributed by atoms with Crippen molar-refractivity contribution in [3.05, 3.63) is 26.1 Å². The molecule has 0 aliphatic heterocycles. The van der Waals surface area contributed by atoms with Crippen molar-refractivity contribution in [3.63, 3.8) is 0 Å². The maximum absolute atomic E-state index is 11.3. The topological polar surface area (TPSA) is 55.0 Å². The van der Waals surface area contributed by atoms with Gasteiger partial charge < -0.3 is 4.74 Å². The monoisotopic (exact) mass is 364 g/mol. The van der Waals surface area contributed by atoms with Gasteiger partial charge in [-0.25, -0.2) is 4.79 Å². The second-order valence-corrected chi connectivity index (χ2v) is 6.11. The van der Waals surface area contributed by atoms with Gasteiger partial charge in [0.1, 0.15) is 0 Å². The number of hydrogen-bond donors (Lipinski definition) is 1. The number of nitrogens with zero attached hydrogens (tertiary/aromatic N) is 1. The molecular weight excluding hydrogens is 360 g/mol.